The molecule has 2 aromatic rings. The second-order valence-corrected chi connectivity index (χ2v) is 9.20. The minimum atomic E-state index is -0.121. The van der Waals surface area contributed by atoms with Crippen molar-refractivity contribution in [1.82, 2.24) is 10.2 Å². The van der Waals surface area contributed by atoms with Crippen molar-refractivity contribution < 1.29 is 14.3 Å². The highest BCUT2D eigenvalue weighted by Gasteiger charge is 2.29. The Labute approximate surface area is 221 Å². The molecule has 3 rings (SSSR count). The lowest BCUT2D eigenvalue weighted by molar-refractivity contribution is -0.130. The summed E-state index contributed by atoms with van der Waals surface area (Å²) in [5.74, 6) is 0.648. The first-order valence-corrected chi connectivity index (χ1v) is 12.3. The van der Waals surface area contributed by atoms with Gasteiger partial charge in [-0.2, -0.15) is 0 Å². The number of halogens is 1. The standard InChI is InChI=1S/C28H36N4O3.ClH/c1-6-7-8-13-30-27(33)18-32(26-17-23(29-3)11-9-20(26)2)19-28(34)31(4)24-14-21-10-12-25(35-5)16-22(21)15-24;/h9-12,16-17,24H,6-8,13-15,18-19H2,1-2,4-5H3,(H,30,33);1H. The molecule has 0 bridgehead atoms. The van der Waals surface area contributed by atoms with Crippen molar-refractivity contribution in [2.45, 2.75) is 52.0 Å². The molecule has 36 heavy (non-hydrogen) atoms. The Balaban J connectivity index is 0.00000456. The zero-order valence-electron chi connectivity index (χ0n) is 21.7. The largest absolute Gasteiger partial charge is 0.497 e. The summed E-state index contributed by atoms with van der Waals surface area (Å²) in [5, 5.41) is 2.97. The van der Waals surface area contributed by atoms with Gasteiger partial charge in [-0.3, -0.25) is 9.59 Å². The molecule has 8 heteroatoms. The van der Waals surface area contributed by atoms with Gasteiger partial charge in [0.1, 0.15) is 5.75 Å². The first kappa shape index (κ1) is 29.0. The van der Waals surface area contributed by atoms with Crippen LogP contribution in [-0.2, 0) is 22.4 Å². The number of hydrogen-bond donors (Lipinski definition) is 1. The summed E-state index contributed by atoms with van der Waals surface area (Å²) in [5.41, 5.74) is 4.59. The Bertz CT molecular complexity index is 1100. The average Bonchev–Trinajstić information content (AvgIpc) is 3.29. The summed E-state index contributed by atoms with van der Waals surface area (Å²) in [6.07, 6.45) is 4.66. The Morgan fingerprint density at radius 2 is 1.86 bits per heavy atom. The number of ether oxygens (including phenoxy) is 1. The topological polar surface area (TPSA) is 66.2 Å². The van der Waals surface area contributed by atoms with E-state index < -0.39 is 0 Å². The Hall–Kier alpha value is -3.24. The fourth-order valence-electron chi connectivity index (χ4n) is 4.52. The molecule has 0 heterocycles. The van der Waals surface area contributed by atoms with E-state index in [2.05, 4.69) is 23.2 Å². The number of nitrogens with zero attached hydrogens (tertiary/aromatic N) is 3. The van der Waals surface area contributed by atoms with E-state index in [0.29, 0.717) is 12.2 Å². The number of rotatable bonds is 11. The van der Waals surface area contributed by atoms with Gasteiger partial charge in [0.15, 0.2) is 5.69 Å². The first-order chi connectivity index (χ1) is 16.9. The minimum absolute atomic E-state index is 0. The maximum absolute atomic E-state index is 13.4. The zero-order chi connectivity index (χ0) is 25.4. The van der Waals surface area contributed by atoms with Crippen LogP contribution in [0.15, 0.2) is 36.4 Å². The highest BCUT2D eigenvalue weighted by Crippen LogP contribution is 2.29. The van der Waals surface area contributed by atoms with Crippen molar-refractivity contribution >= 4 is 35.6 Å². The molecule has 0 aromatic heterocycles. The van der Waals surface area contributed by atoms with Gasteiger partial charge >= 0.3 is 0 Å². The molecule has 0 aliphatic heterocycles. The predicted octanol–water partition coefficient (Wildman–Crippen LogP) is 4.71. The fourth-order valence-corrected chi connectivity index (χ4v) is 4.52. The third-order valence-electron chi connectivity index (χ3n) is 6.69. The summed E-state index contributed by atoms with van der Waals surface area (Å²) >= 11 is 0. The van der Waals surface area contributed by atoms with E-state index in [-0.39, 0.29) is 43.4 Å². The van der Waals surface area contributed by atoms with E-state index in [0.717, 1.165) is 49.1 Å². The molecule has 2 amide bonds. The molecular weight excluding hydrogens is 476 g/mol. The number of carbonyl (C=O) groups is 2. The van der Waals surface area contributed by atoms with Crippen LogP contribution in [0.2, 0.25) is 0 Å². The molecule has 1 atom stereocenters. The van der Waals surface area contributed by atoms with Crippen LogP contribution in [0.4, 0.5) is 11.4 Å². The molecule has 0 radical (unpaired) electrons. The van der Waals surface area contributed by atoms with Crippen LogP contribution in [0.25, 0.3) is 4.85 Å². The smallest absolute Gasteiger partial charge is 0.242 e. The molecule has 0 spiro atoms. The molecule has 0 saturated carbocycles. The highest BCUT2D eigenvalue weighted by atomic mass is 35.5. The number of hydrogen-bond acceptors (Lipinski definition) is 4. The molecule has 1 aliphatic carbocycles. The van der Waals surface area contributed by atoms with Gasteiger partial charge in [-0.15, -0.1) is 12.4 Å². The lowest BCUT2D eigenvalue weighted by Crippen LogP contribution is -2.46. The third-order valence-corrected chi connectivity index (χ3v) is 6.69. The van der Waals surface area contributed by atoms with E-state index >= 15 is 0 Å². The van der Waals surface area contributed by atoms with Gasteiger partial charge < -0.3 is 19.9 Å². The molecule has 0 saturated heterocycles. The Kier molecular flexibility index (Phi) is 11.1. The Morgan fingerprint density at radius 1 is 1.11 bits per heavy atom. The van der Waals surface area contributed by atoms with Crippen molar-refractivity contribution in [3.63, 3.8) is 0 Å². The molecule has 1 aliphatic rings. The zero-order valence-corrected chi connectivity index (χ0v) is 22.5. The summed E-state index contributed by atoms with van der Waals surface area (Å²) in [7, 11) is 3.49. The SMILES string of the molecule is Cl.[C-]#[N+]c1ccc(C)c(N(CC(=O)NCCCCC)CC(=O)N(C)C2Cc3ccc(OC)cc3C2)c1. The third kappa shape index (κ3) is 7.38. The number of fused-ring (bicyclic) bond motifs is 1. The van der Waals surface area contributed by atoms with Gasteiger partial charge in [0.05, 0.1) is 26.8 Å². The summed E-state index contributed by atoms with van der Waals surface area (Å²) in [4.78, 5) is 33.3. The molecular formula is C28H37ClN4O3. The van der Waals surface area contributed by atoms with Crippen LogP contribution >= 0.6 is 12.4 Å². The summed E-state index contributed by atoms with van der Waals surface area (Å²) in [6.45, 7) is 12.2. The Morgan fingerprint density at radius 3 is 2.56 bits per heavy atom. The van der Waals surface area contributed by atoms with Crippen LogP contribution in [-0.4, -0.2) is 56.5 Å². The second kappa shape index (κ2) is 13.7. The molecule has 1 N–H and O–H groups in total. The van der Waals surface area contributed by atoms with Gasteiger partial charge in [0.2, 0.25) is 11.8 Å². The van der Waals surface area contributed by atoms with Crippen LogP contribution in [0.3, 0.4) is 0 Å². The van der Waals surface area contributed by atoms with Crippen molar-refractivity contribution in [3.8, 4) is 5.75 Å². The van der Waals surface area contributed by atoms with Crippen molar-refractivity contribution in [3.05, 3.63) is 64.5 Å². The second-order valence-electron chi connectivity index (χ2n) is 9.20. The number of nitrogens with one attached hydrogen (secondary N) is 1. The van der Waals surface area contributed by atoms with Gasteiger partial charge in [-0.05, 0) is 61.1 Å². The number of unbranched alkanes of at least 4 members (excludes halogenated alkanes) is 2. The normalized spacial score (nSPS) is 13.7. The van der Waals surface area contributed by atoms with E-state index in [4.69, 9.17) is 11.3 Å². The van der Waals surface area contributed by atoms with Crippen molar-refractivity contribution in [2.75, 3.05) is 38.7 Å². The number of benzene rings is 2. The van der Waals surface area contributed by atoms with E-state index in [1.54, 1.807) is 29.0 Å². The van der Waals surface area contributed by atoms with Crippen LogP contribution < -0.4 is 15.0 Å². The molecule has 1 unspecified atom stereocenters. The predicted molar refractivity (Wildman–Crippen MR) is 146 cm³/mol. The summed E-state index contributed by atoms with van der Waals surface area (Å²) in [6, 6.07) is 11.5. The number of aryl methyl sites for hydroxylation is 1. The van der Waals surface area contributed by atoms with Crippen LogP contribution in [0.1, 0.15) is 42.9 Å². The average molecular weight is 513 g/mol. The number of anilines is 1. The maximum atomic E-state index is 13.4. The van der Waals surface area contributed by atoms with Gasteiger partial charge in [0, 0.05) is 25.3 Å². The lowest BCUT2D eigenvalue weighted by atomic mass is 10.1. The van der Waals surface area contributed by atoms with E-state index in [1.807, 2.05) is 32.2 Å². The number of amides is 2. The molecule has 2 aromatic carbocycles. The highest BCUT2D eigenvalue weighted by molar-refractivity contribution is 5.87. The first-order valence-electron chi connectivity index (χ1n) is 12.3. The molecule has 0 fully saturated rings. The molecule has 194 valence electrons. The molecule has 7 nitrogen and oxygen atoms in total. The quantitative estimate of drug-likeness (QED) is 0.349. The number of methoxy groups -OCH3 is 1. The number of carbonyl (C=O) groups excluding carboxylic acids is 2. The van der Waals surface area contributed by atoms with Gasteiger partial charge in [0.25, 0.3) is 0 Å². The minimum Gasteiger partial charge on any atom is -0.497 e. The van der Waals surface area contributed by atoms with Crippen LogP contribution in [0, 0.1) is 13.5 Å². The lowest BCUT2D eigenvalue weighted by Gasteiger charge is -2.30. The summed E-state index contributed by atoms with van der Waals surface area (Å²) < 4.78 is 5.35. The van der Waals surface area contributed by atoms with Crippen molar-refractivity contribution in [2.24, 2.45) is 0 Å². The van der Waals surface area contributed by atoms with Gasteiger partial charge in [-0.1, -0.05) is 38.0 Å². The van der Waals surface area contributed by atoms with Gasteiger partial charge in [-0.25, -0.2) is 4.85 Å². The fraction of sp³-hybridized carbons (Fsp3) is 0.464. The monoisotopic (exact) mass is 512 g/mol. The van der Waals surface area contributed by atoms with Crippen LogP contribution in [0.5, 0.6) is 5.75 Å². The maximum Gasteiger partial charge on any atom is 0.242 e. The van der Waals surface area contributed by atoms with E-state index in [9.17, 15) is 9.59 Å². The number of likely N-dealkylation sites (N-methyl/N-ethyl adjacent to an activating group) is 1. The van der Waals surface area contributed by atoms with E-state index in [1.165, 1.54) is 11.1 Å². The van der Waals surface area contributed by atoms with Crippen molar-refractivity contribution in [1.29, 1.82) is 0 Å².